The van der Waals surface area contributed by atoms with Crippen LogP contribution in [-0.4, -0.2) is 27.1 Å². The third-order valence-electron chi connectivity index (χ3n) is 11.9. The number of anilines is 6. The molecule has 0 radical (unpaired) electrons. The van der Waals surface area contributed by atoms with Crippen LogP contribution >= 0.6 is 15.9 Å². The number of H-pyrrole nitrogens is 2. The summed E-state index contributed by atoms with van der Waals surface area (Å²) in [6, 6.07) is 87.0. The lowest BCUT2D eigenvalue weighted by molar-refractivity contribution is 0.426. The number of rotatable bonds is 8. The molecule has 8 heteroatoms. The summed E-state index contributed by atoms with van der Waals surface area (Å²) in [6.07, 6.45) is 0. The molecule has 0 aliphatic heterocycles. The van der Waals surface area contributed by atoms with Crippen LogP contribution in [0.25, 0.3) is 54.7 Å². The van der Waals surface area contributed by atoms with Gasteiger partial charge in [-0.15, -0.1) is 0 Å². The summed E-state index contributed by atoms with van der Waals surface area (Å²) in [7, 11) is -1.45. The average Bonchev–Trinajstić information content (AvgIpc) is 3.96. The highest BCUT2D eigenvalue weighted by Crippen LogP contribution is 2.37. The van der Waals surface area contributed by atoms with Crippen LogP contribution in [0, 0.1) is 0 Å². The molecule has 328 valence electrons. The van der Waals surface area contributed by atoms with Gasteiger partial charge < -0.3 is 29.8 Å². The number of nitrogens with zero attached hydrogens (tertiary/aromatic N) is 2. The van der Waals surface area contributed by atoms with Gasteiger partial charge in [-0.2, -0.15) is 0 Å². The summed E-state index contributed by atoms with van der Waals surface area (Å²) in [5.41, 5.74) is 14.1. The second-order valence-electron chi connectivity index (χ2n) is 16.3. The van der Waals surface area contributed by atoms with Gasteiger partial charge in [-0.05, 0) is 132 Å². The van der Waals surface area contributed by atoms with Crippen LogP contribution in [0.15, 0.2) is 259 Å². The summed E-state index contributed by atoms with van der Waals surface area (Å²) >= 11 is 3.49. The lowest BCUT2D eigenvalue weighted by Gasteiger charge is -2.25. The molecule has 0 atom stereocenters. The first-order valence-corrected chi connectivity index (χ1v) is 23.3. The van der Waals surface area contributed by atoms with E-state index in [1.807, 2.05) is 78.9 Å². The molecule has 10 aromatic carbocycles. The largest absolute Gasteiger partial charge is 0.488 e. The molecule has 0 fully saturated rings. The van der Waals surface area contributed by atoms with Crippen molar-refractivity contribution < 1.29 is 10.0 Å². The molecular weight excluding hydrogens is 899 g/mol. The molecule has 0 bridgehead atoms. The summed E-state index contributed by atoms with van der Waals surface area (Å²) in [5, 5.41) is 23.5. The lowest BCUT2D eigenvalue weighted by Crippen LogP contribution is -2.29. The Hall–Kier alpha value is -8.14. The van der Waals surface area contributed by atoms with Crippen LogP contribution < -0.4 is 15.3 Å². The number of aromatic nitrogens is 2. The van der Waals surface area contributed by atoms with E-state index in [9.17, 15) is 10.0 Å². The Kier molecular flexibility index (Phi) is 13.0. The number of fused-ring (bicyclic) bond motifs is 6. The first-order valence-electron chi connectivity index (χ1n) is 22.5. The molecule has 0 spiro atoms. The molecule has 68 heavy (non-hydrogen) atoms. The third-order valence-corrected chi connectivity index (χ3v) is 12.4. The zero-order valence-corrected chi connectivity index (χ0v) is 38.6. The van der Waals surface area contributed by atoms with Crippen LogP contribution in [0.3, 0.4) is 0 Å². The van der Waals surface area contributed by atoms with Crippen LogP contribution in [0.2, 0.25) is 0 Å². The van der Waals surface area contributed by atoms with E-state index in [4.69, 9.17) is 0 Å². The average molecular weight is 946 g/mol. The molecule has 0 aliphatic rings. The lowest BCUT2D eigenvalue weighted by atomic mass is 9.80. The van der Waals surface area contributed by atoms with Gasteiger partial charge in [0.05, 0.1) is 0 Å². The van der Waals surface area contributed by atoms with E-state index in [0.717, 1.165) is 38.6 Å². The first kappa shape index (κ1) is 43.7. The number of halogens is 1. The van der Waals surface area contributed by atoms with Crippen molar-refractivity contribution in [3.63, 3.8) is 0 Å². The summed E-state index contributed by atoms with van der Waals surface area (Å²) in [5.74, 6) is 0. The number of hydrogen-bond donors (Lipinski definition) is 4. The van der Waals surface area contributed by atoms with E-state index < -0.39 is 7.12 Å². The van der Waals surface area contributed by atoms with Crippen molar-refractivity contribution in [1.82, 2.24) is 9.97 Å². The minimum atomic E-state index is -1.45. The Morgan fingerprint density at radius 2 is 0.647 bits per heavy atom. The summed E-state index contributed by atoms with van der Waals surface area (Å²) in [4.78, 5) is 11.3. The fourth-order valence-corrected chi connectivity index (χ4v) is 9.01. The number of hydrogen-bond acceptors (Lipinski definition) is 4. The molecule has 0 unspecified atom stereocenters. The van der Waals surface area contributed by atoms with E-state index in [2.05, 4.69) is 199 Å². The molecule has 0 aliphatic carbocycles. The third kappa shape index (κ3) is 9.57. The van der Waals surface area contributed by atoms with Crippen LogP contribution in [-0.2, 0) is 0 Å². The topological polar surface area (TPSA) is 78.5 Å². The van der Waals surface area contributed by atoms with E-state index in [1.54, 1.807) is 12.1 Å². The molecule has 2 heterocycles. The summed E-state index contributed by atoms with van der Waals surface area (Å²) < 4.78 is 1.12. The zero-order chi connectivity index (χ0) is 46.2. The van der Waals surface area contributed by atoms with Crippen molar-refractivity contribution in [2.24, 2.45) is 0 Å². The fraction of sp³-hybridized carbons (Fsp3) is 0. The SMILES string of the molecule is Brc1ccc2[nH]c3ccccc3c2c1.OB(O)c1ccc(N(c2ccccc2)c2ccccc2)cc1.c1ccc(N(c2ccccc2)c2ccc(-c3ccc4[nH]c5ccccc5c4c3)cc2)cc1. The van der Waals surface area contributed by atoms with Gasteiger partial charge in [-0.3, -0.25) is 0 Å². The van der Waals surface area contributed by atoms with Crippen LogP contribution in [0.5, 0.6) is 0 Å². The molecule has 12 aromatic rings. The van der Waals surface area contributed by atoms with Gasteiger partial charge in [-0.1, -0.05) is 155 Å². The number of benzene rings is 10. The number of aromatic amines is 2. The Balaban J connectivity index is 0.000000129. The van der Waals surface area contributed by atoms with Crippen molar-refractivity contribution in [3.05, 3.63) is 259 Å². The van der Waals surface area contributed by atoms with Gasteiger partial charge in [0, 0.05) is 82.2 Å². The highest BCUT2D eigenvalue weighted by molar-refractivity contribution is 9.10. The highest BCUT2D eigenvalue weighted by atomic mass is 79.9. The smallest absolute Gasteiger partial charge is 0.423 e. The first-order chi connectivity index (χ1) is 33.5. The second-order valence-corrected chi connectivity index (χ2v) is 17.2. The Morgan fingerprint density at radius 3 is 1.09 bits per heavy atom. The summed E-state index contributed by atoms with van der Waals surface area (Å²) in [6.45, 7) is 0. The Labute approximate surface area is 404 Å². The van der Waals surface area contributed by atoms with Crippen LogP contribution in [0.4, 0.5) is 34.1 Å². The minimum Gasteiger partial charge on any atom is -0.423 e. The van der Waals surface area contributed by atoms with Crippen molar-refractivity contribution in [3.8, 4) is 11.1 Å². The predicted molar refractivity (Wildman–Crippen MR) is 290 cm³/mol. The van der Waals surface area contributed by atoms with E-state index in [-0.39, 0.29) is 0 Å². The van der Waals surface area contributed by atoms with Crippen molar-refractivity contribution >= 4 is 106 Å². The molecule has 0 saturated carbocycles. The van der Waals surface area contributed by atoms with Gasteiger partial charge in [0.2, 0.25) is 0 Å². The highest BCUT2D eigenvalue weighted by Gasteiger charge is 2.16. The maximum atomic E-state index is 9.23. The quantitative estimate of drug-likeness (QED) is 0.114. The van der Waals surface area contributed by atoms with Crippen molar-refractivity contribution in [1.29, 1.82) is 0 Å². The van der Waals surface area contributed by atoms with Gasteiger partial charge in [0.1, 0.15) is 0 Å². The Bertz CT molecular complexity index is 3470. The van der Waals surface area contributed by atoms with E-state index >= 15 is 0 Å². The fourth-order valence-electron chi connectivity index (χ4n) is 8.65. The molecule has 0 amide bonds. The minimum absolute atomic E-state index is 0.477. The normalized spacial score (nSPS) is 10.9. The van der Waals surface area contributed by atoms with E-state index in [0.29, 0.717) is 5.46 Å². The Morgan fingerprint density at radius 1 is 0.309 bits per heavy atom. The number of para-hydroxylation sites is 6. The predicted octanol–water partition coefficient (Wildman–Crippen LogP) is 15.4. The zero-order valence-electron chi connectivity index (χ0n) is 37.0. The molecule has 0 saturated heterocycles. The van der Waals surface area contributed by atoms with Crippen molar-refractivity contribution in [2.75, 3.05) is 9.80 Å². The van der Waals surface area contributed by atoms with Crippen molar-refractivity contribution in [2.45, 2.75) is 0 Å². The van der Waals surface area contributed by atoms with Gasteiger partial charge in [0.25, 0.3) is 0 Å². The number of nitrogens with one attached hydrogen (secondary N) is 2. The molecule has 12 rings (SSSR count). The second kappa shape index (κ2) is 20.2. The maximum Gasteiger partial charge on any atom is 0.488 e. The van der Waals surface area contributed by atoms with Gasteiger partial charge in [-0.25, -0.2) is 0 Å². The molecular formula is C60H46BBrN4O2. The molecule has 6 nitrogen and oxygen atoms in total. The molecule has 2 aromatic heterocycles. The standard InChI is InChI=1S/C30H22N2.C18H16BNO2.C12H8BrN/c1-3-9-24(10-4-1)32(25-11-5-2-6-12-25)26-18-15-22(16-19-26)23-17-20-30-28(21-23)27-13-7-8-14-29(27)31-30;21-19(22)15-11-13-18(14-12-15)20(16-7-3-1-4-8-16)17-9-5-2-6-10-17;13-8-5-6-12-10(7-8)9-3-1-2-4-11(9)14-12/h1-21,31H;1-14,21-22H;1-7,14H. The monoisotopic (exact) mass is 944 g/mol. The van der Waals surface area contributed by atoms with Crippen LogP contribution in [0.1, 0.15) is 0 Å². The van der Waals surface area contributed by atoms with Gasteiger partial charge >= 0.3 is 7.12 Å². The molecule has 4 N–H and O–H groups in total. The maximum absolute atomic E-state index is 9.23. The van der Waals surface area contributed by atoms with Gasteiger partial charge in [0.15, 0.2) is 0 Å². The van der Waals surface area contributed by atoms with E-state index in [1.165, 1.54) is 54.7 Å².